The van der Waals surface area contributed by atoms with E-state index in [0.29, 0.717) is 11.8 Å². The fourth-order valence-electron chi connectivity index (χ4n) is 2.43. The zero-order valence-electron chi connectivity index (χ0n) is 15.2. The third-order valence-electron chi connectivity index (χ3n) is 4.02. The minimum absolute atomic E-state index is 0.664. The van der Waals surface area contributed by atoms with Crippen molar-refractivity contribution in [2.75, 3.05) is 13.2 Å². The van der Waals surface area contributed by atoms with Gasteiger partial charge in [0.05, 0.1) is 13.2 Å². The lowest BCUT2D eigenvalue weighted by Crippen LogP contribution is -2.03. The Morgan fingerprint density at radius 2 is 1.43 bits per heavy atom. The molecule has 2 rings (SSSR count). The Hall–Kier alpha value is -1.70. The van der Waals surface area contributed by atoms with E-state index >= 15 is 0 Å². The second kappa shape index (κ2) is 8.24. The molecule has 0 amide bonds. The smallest absolute Gasteiger partial charge is 0.122 e. The van der Waals surface area contributed by atoms with Crippen LogP contribution < -0.4 is 9.47 Å². The molecule has 0 N–H and O–H groups in total. The van der Waals surface area contributed by atoms with Crippen LogP contribution in [0.1, 0.15) is 46.1 Å². The number of hydrogen-bond donors (Lipinski definition) is 0. The summed E-state index contributed by atoms with van der Waals surface area (Å²) in [7, 11) is 0. The number of ether oxygens (including phenoxy) is 2. The van der Waals surface area contributed by atoms with Crippen LogP contribution in [0.5, 0.6) is 11.5 Å². The van der Waals surface area contributed by atoms with E-state index in [1.54, 1.807) is 0 Å². The molecule has 0 saturated heterocycles. The van der Waals surface area contributed by atoms with Crippen molar-refractivity contribution in [1.82, 2.24) is 0 Å². The second-order valence-corrected chi connectivity index (χ2v) is 7.19. The minimum Gasteiger partial charge on any atom is -0.494 e. The molecule has 2 aromatic rings. The zero-order chi connectivity index (χ0) is 16.8. The Labute approximate surface area is 140 Å². The highest BCUT2D eigenvalue weighted by Crippen LogP contribution is 2.28. The Bertz CT molecular complexity index is 629. The van der Waals surface area contributed by atoms with Crippen molar-refractivity contribution in [1.29, 1.82) is 0 Å². The number of hydrogen-bond acceptors (Lipinski definition) is 2. The summed E-state index contributed by atoms with van der Waals surface area (Å²) in [5.74, 6) is 3.25. The Morgan fingerprint density at radius 1 is 0.783 bits per heavy atom. The predicted octanol–water partition coefficient (Wildman–Crippen LogP) is 6.00. The van der Waals surface area contributed by atoms with E-state index in [1.165, 1.54) is 16.3 Å². The number of aryl methyl sites for hydroxylation is 1. The van der Waals surface area contributed by atoms with Crippen molar-refractivity contribution in [2.24, 2.45) is 11.8 Å². The van der Waals surface area contributed by atoms with Crippen LogP contribution in [0, 0.1) is 18.8 Å². The molecule has 0 unspecified atom stereocenters. The van der Waals surface area contributed by atoms with E-state index in [0.717, 1.165) is 37.6 Å². The summed E-state index contributed by atoms with van der Waals surface area (Å²) in [6.45, 7) is 12.5. The largest absolute Gasteiger partial charge is 0.494 e. The minimum atomic E-state index is 0.664. The van der Waals surface area contributed by atoms with Gasteiger partial charge in [-0.2, -0.15) is 0 Å². The van der Waals surface area contributed by atoms with Gasteiger partial charge in [-0.1, -0.05) is 33.8 Å². The molecule has 2 aromatic carbocycles. The Morgan fingerprint density at radius 3 is 2.09 bits per heavy atom. The number of benzene rings is 2. The lowest BCUT2D eigenvalue weighted by Gasteiger charge is -2.13. The Kier molecular flexibility index (Phi) is 6.32. The topological polar surface area (TPSA) is 18.5 Å². The molecule has 23 heavy (non-hydrogen) atoms. The molecule has 2 heteroatoms. The summed E-state index contributed by atoms with van der Waals surface area (Å²) in [6.07, 6.45) is 2.16. The van der Waals surface area contributed by atoms with Gasteiger partial charge in [-0.05, 0) is 72.2 Å². The molecule has 0 spiro atoms. The third kappa shape index (κ3) is 5.46. The second-order valence-electron chi connectivity index (χ2n) is 7.19. The molecule has 0 heterocycles. The lowest BCUT2D eigenvalue weighted by atomic mass is 10.1. The monoisotopic (exact) mass is 314 g/mol. The third-order valence-corrected chi connectivity index (χ3v) is 4.02. The summed E-state index contributed by atoms with van der Waals surface area (Å²) in [5.41, 5.74) is 1.19. The fraction of sp³-hybridized carbons (Fsp3) is 0.524. The molecule has 0 fully saturated rings. The van der Waals surface area contributed by atoms with Crippen LogP contribution in [0.2, 0.25) is 0 Å². The van der Waals surface area contributed by atoms with Crippen LogP contribution >= 0.6 is 0 Å². The predicted molar refractivity (Wildman–Crippen MR) is 98.6 cm³/mol. The van der Waals surface area contributed by atoms with Gasteiger partial charge < -0.3 is 9.47 Å². The quantitative estimate of drug-likeness (QED) is 0.595. The maximum Gasteiger partial charge on any atom is 0.122 e. The van der Waals surface area contributed by atoms with Crippen LogP contribution in [-0.2, 0) is 0 Å². The summed E-state index contributed by atoms with van der Waals surface area (Å²) >= 11 is 0. The molecule has 0 aliphatic carbocycles. The van der Waals surface area contributed by atoms with Crippen LogP contribution in [0.25, 0.3) is 10.8 Å². The van der Waals surface area contributed by atoms with Crippen molar-refractivity contribution < 1.29 is 9.47 Å². The zero-order valence-corrected chi connectivity index (χ0v) is 15.2. The number of fused-ring (bicyclic) bond motifs is 1. The summed E-state index contributed by atoms with van der Waals surface area (Å²) in [5, 5.41) is 2.41. The van der Waals surface area contributed by atoms with E-state index in [1.807, 2.05) is 0 Å². The van der Waals surface area contributed by atoms with Crippen LogP contribution in [0.4, 0.5) is 0 Å². The maximum absolute atomic E-state index is 5.97. The lowest BCUT2D eigenvalue weighted by molar-refractivity contribution is 0.288. The molecule has 2 nitrogen and oxygen atoms in total. The first-order chi connectivity index (χ1) is 11.0. The van der Waals surface area contributed by atoms with Gasteiger partial charge in [-0.25, -0.2) is 0 Å². The molecular weight excluding hydrogens is 284 g/mol. The van der Waals surface area contributed by atoms with Gasteiger partial charge in [0.25, 0.3) is 0 Å². The average molecular weight is 314 g/mol. The first-order valence-corrected chi connectivity index (χ1v) is 8.75. The van der Waals surface area contributed by atoms with E-state index in [4.69, 9.17) is 9.47 Å². The Balaban J connectivity index is 2.11. The summed E-state index contributed by atoms with van der Waals surface area (Å²) in [6, 6.07) is 10.6. The van der Waals surface area contributed by atoms with Crippen LogP contribution in [-0.4, -0.2) is 13.2 Å². The highest BCUT2D eigenvalue weighted by molar-refractivity contribution is 5.86. The van der Waals surface area contributed by atoms with E-state index in [2.05, 4.69) is 65.0 Å². The van der Waals surface area contributed by atoms with Gasteiger partial charge >= 0.3 is 0 Å². The van der Waals surface area contributed by atoms with E-state index in [9.17, 15) is 0 Å². The average Bonchev–Trinajstić information content (AvgIpc) is 2.47. The van der Waals surface area contributed by atoms with Crippen molar-refractivity contribution >= 4 is 10.8 Å². The van der Waals surface area contributed by atoms with E-state index in [-0.39, 0.29) is 0 Å². The first kappa shape index (κ1) is 17.7. The maximum atomic E-state index is 5.97. The molecule has 0 atom stereocenters. The van der Waals surface area contributed by atoms with Gasteiger partial charge in [-0.3, -0.25) is 0 Å². The van der Waals surface area contributed by atoms with E-state index < -0.39 is 0 Å². The van der Waals surface area contributed by atoms with Crippen LogP contribution in [0.3, 0.4) is 0 Å². The molecule has 0 aliphatic heterocycles. The van der Waals surface area contributed by atoms with Crippen molar-refractivity contribution in [3.8, 4) is 11.5 Å². The molecular formula is C21H30O2. The van der Waals surface area contributed by atoms with Gasteiger partial charge in [0.2, 0.25) is 0 Å². The highest BCUT2D eigenvalue weighted by Gasteiger charge is 2.05. The van der Waals surface area contributed by atoms with Crippen molar-refractivity contribution in [2.45, 2.75) is 47.5 Å². The molecule has 0 aliphatic rings. The van der Waals surface area contributed by atoms with Crippen LogP contribution in [0.15, 0.2) is 30.3 Å². The van der Waals surface area contributed by atoms with Gasteiger partial charge in [0.15, 0.2) is 0 Å². The normalized spacial score (nSPS) is 11.4. The van der Waals surface area contributed by atoms with Crippen molar-refractivity contribution in [3.63, 3.8) is 0 Å². The molecule has 0 aromatic heterocycles. The van der Waals surface area contributed by atoms with Gasteiger partial charge in [0, 0.05) is 0 Å². The highest BCUT2D eigenvalue weighted by atomic mass is 16.5. The van der Waals surface area contributed by atoms with Crippen molar-refractivity contribution in [3.05, 3.63) is 35.9 Å². The van der Waals surface area contributed by atoms with Gasteiger partial charge in [0.1, 0.15) is 11.5 Å². The standard InChI is InChI=1S/C21H30O2/c1-15(2)8-10-22-20-7-6-18-12-17(5)21(14-19(18)13-20)23-11-9-16(3)4/h6-7,12-16H,8-11H2,1-5H3. The first-order valence-electron chi connectivity index (χ1n) is 8.75. The molecule has 126 valence electrons. The summed E-state index contributed by atoms with van der Waals surface area (Å²) in [4.78, 5) is 0. The molecule has 0 radical (unpaired) electrons. The number of rotatable bonds is 8. The summed E-state index contributed by atoms with van der Waals surface area (Å²) < 4.78 is 11.8. The fourth-order valence-corrected chi connectivity index (χ4v) is 2.43. The molecule has 0 bridgehead atoms. The SMILES string of the molecule is Cc1cc2ccc(OCCC(C)C)cc2cc1OCCC(C)C. The van der Waals surface area contributed by atoms with Gasteiger partial charge in [-0.15, -0.1) is 0 Å². The molecule has 0 saturated carbocycles.